The zero-order valence-corrected chi connectivity index (χ0v) is 13.0. The molecule has 0 aromatic heterocycles. The van der Waals surface area contributed by atoms with Crippen molar-refractivity contribution in [1.82, 2.24) is 4.90 Å². The van der Waals surface area contributed by atoms with Crippen molar-refractivity contribution >= 4 is 33.6 Å². The summed E-state index contributed by atoms with van der Waals surface area (Å²) >= 11 is 3.05. The molecule has 0 bridgehead atoms. The van der Waals surface area contributed by atoms with Crippen molar-refractivity contribution in [1.29, 1.82) is 0 Å². The first-order valence-electron chi connectivity index (χ1n) is 5.93. The first-order chi connectivity index (χ1) is 9.22. The molecule has 5 nitrogen and oxygen atoms in total. The van der Waals surface area contributed by atoms with Gasteiger partial charge in [0.2, 0.25) is 0 Å². The third-order valence-corrected chi connectivity index (χ3v) is 3.43. The van der Waals surface area contributed by atoms with Gasteiger partial charge in [-0.05, 0) is 40.5 Å². The Hall–Kier alpha value is -1.63. The lowest BCUT2D eigenvalue weighted by Crippen LogP contribution is -2.36. The van der Waals surface area contributed by atoms with Gasteiger partial charge < -0.3 is 15.3 Å². The van der Waals surface area contributed by atoms with Gasteiger partial charge in [0.05, 0.1) is 10.4 Å². The molecule has 2 amide bonds. The Bertz CT molecular complexity index is 537. The van der Waals surface area contributed by atoms with E-state index in [4.69, 9.17) is 5.11 Å². The van der Waals surface area contributed by atoms with E-state index in [1.54, 1.807) is 6.92 Å². The van der Waals surface area contributed by atoms with E-state index in [-0.39, 0.29) is 11.0 Å². The summed E-state index contributed by atoms with van der Waals surface area (Å²) in [6.45, 7) is 3.28. The van der Waals surface area contributed by atoms with Crippen molar-refractivity contribution in [3.63, 3.8) is 0 Å². The van der Waals surface area contributed by atoms with Gasteiger partial charge in [-0.15, -0.1) is 0 Å². The fraction of sp³-hybridized carbons (Fsp3) is 0.385. The highest BCUT2D eigenvalue weighted by Gasteiger charge is 2.18. The quantitative estimate of drug-likeness (QED) is 0.879. The summed E-state index contributed by atoms with van der Waals surface area (Å²) < 4.78 is 13.5. The number of amides is 2. The number of nitrogens with one attached hydrogen (secondary N) is 1. The van der Waals surface area contributed by atoms with Crippen LogP contribution in [0.2, 0.25) is 0 Å². The second-order valence-electron chi connectivity index (χ2n) is 4.63. The zero-order valence-electron chi connectivity index (χ0n) is 11.4. The van der Waals surface area contributed by atoms with Gasteiger partial charge in [-0.1, -0.05) is 6.92 Å². The number of hydrogen-bond donors (Lipinski definition) is 2. The van der Waals surface area contributed by atoms with E-state index in [2.05, 4.69) is 21.2 Å². The monoisotopic (exact) mass is 346 g/mol. The molecule has 7 heteroatoms. The topological polar surface area (TPSA) is 69.6 Å². The Kier molecular flexibility index (Phi) is 5.50. The SMILES string of the molecule is Cc1cc(F)c(Br)cc1NC(=O)N(C)CC(C)C(=O)O. The number of aliphatic carboxylic acids is 1. The molecule has 0 saturated heterocycles. The van der Waals surface area contributed by atoms with Gasteiger partial charge in [-0.3, -0.25) is 4.79 Å². The molecule has 0 spiro atoms. The number of carboxylic acids is 1. The summed E-state index contributed by atoms with van der Waals surface area (Å²) in [5.41, 5.74) is 1.05. The molecule has 0 saturated carbocycles. The summed E-state index contributed by atoms with van der Waals surface area (Å²) in [6.07, 6.45) is 0. The maximum atomic E-state index is 13.3. The van der Waals surface area contributed by atoms with Crippen molar-refractivity contribution in [2.75, 3.05) is 18.9 Å². The molecule has 0 heterocycles. The van der Waals surface area contributed by atoms with Crippen molar-refractivity contribution in [3.05, 3.63) is 28.0 Å². The normalized spacial score (nSPS) is 11.8. The lowest BCUT2D eigenvalue weighted by Gasteiger charge is -2.20. The van der Waals surface area contributed by atoms with E-state index in [9.17, 15) is 14.0 Å². The lowest BCUT2D eigenvalue weighted by atomic mass is 10.2. The number of carbonyl (C=O) groups is 2. The van der Waals surface area contributed by atoms with Crippen LogP contribution in [0.3, 0.4) is 0 Å². The molecule has 20 heavy (non-hydrogen) atoms. The molecule has 0 aliphatic carbocycles. The second kappa shape index (κ2) is 6.69. The molecule has 1 atom stereocenters. The van der Waals surface area contributed by atoms with Gasteiger partial charge in [-0.2, -0.15) is 0 Å². The van der Waals surface area contributed by atoms with Crippen LogP contribution in [-0.2, 0) is 4.79 Å². The Balaban J connectivity index is 2.76. The van der Waals surface area contributed by atoms with E-state index in [1.807, 2.05) is 0 Å². The molecule has 110 valence electrons. The van der Waals surface area contributed by atoms with Crippen LogP contribution in [-0.4, -0.2) is 35.6 Å². The summed E-state index contributed by atoms with van der Waals surface area (Å²) in [6, 6.07) is 2.33. The summed E-state index contributed by atoms with van der Waals surface area (Å²) in [7, 11) is 1.50. The number of rotatable bonds is 4. The van der Waals surface area contributed by atoms with Crippen LogP contribution in [0.1, 0.15) is 12.5 Å². The van der Waals surface area contributed by atoms with Gasteiger partial charge in [0, 0.05) is 19.3 Å². The molecule has 2 N–H and O–H groups in total. The van der Waals surface area contributed by atoms with E-state index < -0.39 is 23.7 Å². The van der Waals surface area contributed by atoms with E-state index >= 15 is 0 Å². The minimum Gasteiger partial charge on any atom is -0.481 e. The number of carbonyl (C=O) groups excluding carboxylic acids is 1. The van der Waals surface area contributed by atoms with Crippen LogP contribution in [0.5, 0.6) is 0 Å². The molecule has 0 radical (unpaired) electrons. The molecule has 0 fully saturated rings. The molecular weight excluding hydrogens is 331 g/mol. The van der Waals surface area contributed by atoms with Gasteiger partial charge >= 0.3 is 12.0 Å². The van der Waals surface area contributed by atoms with Gasteiger partial charge in [0.15, 0.2) is 0 Å². The first kappa shape index (κ1) is 16.4. The smallest absolute Gasteiger partial charge is 0.321 e. The van der Waals surface area contributed by atoms with Crippen LogP contribution < -0.4 is 5.32 Å². The lowest BCUT2D eigenvalue weighted by molar-refractivity contribution is -0.141. The fourth-order valence-corrected chi connectivity index (χ4v) is 1.91. The average molecular weight is 347 g/mol. The Morgan fingerprint density at radius 2 is 2.10 bits per heavy atom. The average Bonchev–Trinajstić information content (AvgIpc) is 2.35. The number of hydrogen-bond acceptors (Lipinski definition) is 2. The highest BCUT2D eigenvalue weighted by Crippen LogP contribution is 2.24. The molecular formula is C13H16BrFN2O3. The summed E-state index contributed by atoms with van der Waals surface area (Å²) in [5, 5.41) is 11.4. The molecule has 1 unspecified atom stereocenters. The Labute approximate surface area is 124 Å². The van der Waals surface area contributed by atoms with Crippen LogP contribution >= 0.6 is 15.9 Å². The van der Waals surface area contributed by atoms with Crippen LogP contribution in [0.25, 0.3) is 0 Å². The van der Waals surface area contributed by atoms with E-state index in [1.165, 1.54) is 31.0 Å². The zero-order chi connectivity index (χ0) is 15.4. The molecule has 0 aliphatic heterocycles. The van der Waals surface area contributed by atoms with Crippen molar-refractivity contribution in [2.24, 2.45) is 5.92 Å². The number of nitrogens with zero attached hydrogens (tertiary/aromatic N) is 1. The number of anilines is 1. The molecule has 1 aromatic rings. The number of halogens is 2. The van der Waals surface area contributed by atoms with E-state index in [0.717, 1.165) is 0 Å². The Morgan fingerprint density at radius 1 is 1.50 bits per heavy atom. The maximum absolute atomic E-state index is 13.3. The predicted octanol–water partition coefficient (Wildman–Crippen LogP) is 3.08. The summed E-state index contributed by atoms with van der Waals surface area (Å²) in [4.78, 5) is 24.0. The van der Waals surface area contributed by atoms with Gasteiger partial charge in [-0.25, -0.2) is 9.18 Å². The molecule has 0 aliphatic rings. The van der Waals surface area contributed by atoms with Crippen molar-refractivity contribution < 1.29 is 19.1 Å². The van der Waals surface area contributed by atoms with Crippen LogP contribution in [0.15, 0.2) is 16.6 Å². The van der Waals surface area contributed by atoms with Crippen molar-refractivity contribution in [2.45, 2.75) is 13.8 Å². The van der Waals surface area contributed by atoms with Crippen molar-refractivity contribution in [3.8, 4) is 0 Å². The third kappa shape index (κ3) is 4.19. The number of benzene rings is 1. The maximum Gasteiger partial charge on any atom is 0.321 e. The highest BCUT2D eigenvalue weighted by atomic mass is 79.9. The molecule has 1 rings (SSSR count). The molecule has 1 aromatic carbocycles. The number of aryl methyl sites for hydroxylation is 1. The third-order valence-electron chi connectivity index (χ3n) is 2.82. The number of urea groups is 1. The first-order valence-corrected chi connectivity index (χ1v) is 6.72. The van der Waals surface area contributed by atoms with Crippen LogP contribution in [0, 0.1) is 18.7 Å². The summed E-state index contributed by atoms with van der Waals surface area (Å²) in [5.74, 6) is -2.04. The van der Waals surface area contributed by atoms with Gasteiger partial charge in [0.25, 0.3) is 0 Å². The largest absolute Gasteiger partial charge is 0.481 e. The number of carboxylic acid groups (broad SMARTS) is 1. The Morgan fingerprint density at radius 3 is 2.65 bits per heavy atom. The van der Waals surface area contributed by atoms with E-state index in [0.29, 0.717) is 11.3 Å². The fourth-order valence-electron chi connectivity index (χ4n) is 1.56. The minimum atomic E-state index is -0.967. The van der Waals surface area contributed by atoms with Gasteiger partial charge in [0.1, 0.15) is 5.82 Å². The minimum absolute atomic E-state index is 0.0859. The van der Waals surface area contributed by atoms with Crippen LogP contribution in [0.4, 0.5) is 14.9 Å². The highest BCUT2D eigenvalue weighted by molar-refractivity contribution is 9.10. The second-order valence-corrected chi connectivity index (χ2v) is 5.49. The predicted molar refractivity (Wildman–Crippen MR) is 77.3 cm³/mol. The standard InChI is InChI=1S/C13H16BrFN2O3/c1-7-4-10(15)9(14)5-11(7)16-13(20)17(3)6-8(2)12(18)19/h4-5,8H,6H2,1-3H3,(H,16,20)(H,18,19).